The lowest BCUT2D eigenvalue weighted by atomic mass is 10.2. The molecule has 172 valence electrons. The van der Waals surface area contributed by atoms with Crippen molar-refractivity contribution in [2.75, 3.05) is 54.9 Å². The van der Waals surface area contributed by atoms with Crippen molar-refractivity contribution in [1.82, 2.24) is 4.90 Å². The van der Waals surface area contributed by atoms with Crippen LogP contribution >= 0.6 is 12.2 Å². The van der Waals surface area contributed by atoms with Crippen molar-refractivity contribution >= 4 is 34.4 Å². The monoisotopic (exact) mass is 464 g/mol. The first-order valence-electron chi connectivity index (χ1n) is 11.2. The first kappa shape index (κ1) is 23.0. The van der Waals surface area contributed by atoms with Crippen molar-refractivity contribution in [2.24, 2.45) is 0 Å². The second-order valence-electron chi connectivity index (χ2n) is 7.98. The molecule has 1 heterocycles. The number of benzene rings is 3. The first-order valence-corrected chi connectivity index (χ1v) is 11.7. The largest absolute Gasteiger partial charge is 0.494 e. The van der Waals surface area contributed by atoms with Crippen molar-refractivity contribution in [1.29, 1.82) is 0 Å². The molecule has 0 aliphatic carbocycles. The standard InChI is InChI=1S/C26H29FN4OS/c27-21-7-9-22(10-8-21)28-26(33)29-23-11-13-25(14-12-23)32-20-4-15-30-16-18-31(19-17-30)24-5-2-1-3-6-24/h1-3,5-14H,4,15-20H2,(H2,28,29,33). The molecular weight excluding hydrogens is 435 g/mol. The number of para-hydroxylation sites is 1. The van der Waals surface area contributed by atoms with Gasteiger partial charge in [0.05, 0.1) is 6.61 Å². The summed E-state index contributed by atoms with van der Waals surface area (Å²) in [5, 5.41) is 6.60. The van der Waals surface area contributed by atoms with E-state index in [1.54, 1.807) is 12.1 Å². The van der Waals surface area contributed by atoms with Gasteiger partial charge >= 0.3 is 0 Å². The summed E-state index contributed by atoms with van der Waals surface area (Å²) in [5.41, 5.74) is 2.90. The minimum absolute atomic E-state index is 0.277. The van der Waals surface area contributed by atoms with Crippen LogP contribution in [0.1, 0.15) is 6.42 Å². The summed E-state index contributed by atoms with van der Waals surface area (Å²) in [7, 11) is 0. The van der Waals surface area contributed by atoms with E-state index in [-0.39, 0.29) is 5.82 Å². The zero-order chi connectivity index (χ0) is 22.9. The lowest BCUT2D eigenvalue weighted by molar-refractivity contribution is 0.225. The Hall–Kier alpha value is -3.16. The maximum Gasteiger partial charge on any atom is 0.175 e. The van der Waals surface area contributed by atoms with Crippen LogP contribution < -0.4 is 20.3 Å². The normalized spacial score (nSPS) is 14.0. The third-order valence-electron chi connectivity index (χ3n) is 5.60. The molecule has 0 spiro atoms. The third-order valence-corrected chi connectivity index (χ3v) is 5.80. The van der Waals surface area contributed by atoms with Gasteiger partial charge in [-0.25, -0.2) is 4.39 Å². The molecule has 1 aliphatic heterocycles. The molecule has 3 aromatic rings. The number of thiocarbonyl (C=S) groups is 1. The van der Waals surface area contributed by atoms with Crippen LogP contribution in [-0.4, -0.2) is 49.3 Å². The molecule has 0 saturated carbocycles. The number of nitrogens with one attached hydrogen (secondary N) is 2. The molecule has 0 radical (unpaired) electrons. The van der Waals surface area contributed by atoms with Crippen LogP contribution in [0.25, 0.3) is 0 Å². The molecule has 3 aromatic carbocycles. The number of rotatable bonds is 8. The molecule has 5 nitrogen and oxygen atoms in total. The summed E-state index contributed by atoms with van der Waals surface area (Å²) in [6, 6.07) is 24.4. The second-order valence-corrected chi connectivity index (χ2v) is 8.38. The summed E-state index contributed by atoms with van der Waals surface area (Å²) >= 11 is 5.31. The van der Waals surface area contributed by atoms with Gasteiger partial charge in [0.25, 0.3) is 0 Å². The van der Waals surface area contributed by atoms with Crippen molar-refractivity contribution in [3.63, 3.8) is 0 Å². The molecule has 0 aromatic heterocycles. The third kappa shape index (κ3) is 7.17. The predicted octanol–water partition coefficient (Wildman–Crippen LogP) is 5.23. The van der Waals surface area contributed by atoms with Crippen LogP contribution in [0.15, 0.2) is 78.9 Å². The first-order chi connectivity index (χ1) is 16.2. The number of hydrogen-bond acceptors (Lipinski definition) is 4. The van der Waals surface area contributed by atoms with Gasteiger partial charge in [-0.1, -0.05) is 18.2 Å². The summed E-state index contributed by atoms with van der Waals surface area (Å²) in [6.45, 7) is 6.04. The Kier molecular flexibility index (Phi) is 8.11. The van der Waals surface area contributed by atoms with Crippen LogP contribution in [0, 0.1) is 5.82 Å². The fourth-order valence-corrected chi connectivity index (χ4v) is 4.04. The number of ether oxygens (including phenoxy) is 1. The Balaban J connectivity index is 1.12. The lowest BCUT2D eigenvalue weighted by Crippen LogP contribution is -2.46. The molecule has 0 amide bonds. The summed E-state index contributed by atoms with van der Waals surface area (Å²) in [5.74, 6) is 0.563. The predicted molar refractivity (Wildman–Crippen MR) is 138 cm³/mol. The van der Waals surface area contributed by atoms with Crippen molar-refractivity contribution in [2.45, 2.75) is 6.42 Å². The van der Waals surface area contributed by atoms with E-state index >= 15 is 0 Å². The minimum Gasteiger partial charge on any atom is -0.494 e. The molecule has 1 aliphatic rings. The SMILES string of the molecule is Fc1ccc(NC(=S)Nc2ccc(OCCCN3CCN(c4ccccc4)CC3)cc2)cc1. The van der Waals surface area contributed by atoms with E-state index in [9.17, 15) is 4.39 Å². The highest BCUT2D eigenvalue weighted by Gasteiger charge is 2.16. The molecule has 1 saturated heterocycles. The molecule has 4 rings (SSSR count). The van der Waals surface area contributed by atoms with Crippen LogP contribution in [0.3, 0.4) is 0 Å². The van der Waals surface area contributed by atoms with E-state index in [0.29, 0.717) is 11.7 Å². The zero-order valence-corrected chi connectivity index (χ0v) is 19.4. The topological polar surface area (TPSA) is 39.8 Å². The highest BCUT2D eigenvalue weighted by molar-refractivity contribution is 7.80. The highest BCUT2D eigenvalue weighted by Crippen LogP contribution is 2.18. The number of anilines is 3. The van der Waals surface area contributed by atoms with Crippen molar-refractivity contribution < 1.29 is 9.13 Å². The van der Waals surface area contributed by atoms with Gasteiger partial charge in [0.1, 0.15) is 11.6 Å². The van der Waals surface area contributed by atoms with Gasteiger partial charge < -0.3 is 20.3 Å². The number of hydrogen-bond donors (Lipinski definition) is 2. The van der Waals surface area contributed by atoms with Crippen LogP contribution in [-0.2, 0) is 0 Å². The van der Waals surface area contributed by atoms with Crippen LogP contribution in [0.4, 0.5) is 21.5 Å². The Morgan fingerprint density at radius 3 is 2.06 bits per heavy atom. The lowest BCUT2D eigenvalue weighted by Gasteiger charge is -2.36. The molecule has 0 unspecified atom stereocenters. The molecular formula is C26H29FN4OS. The van der Waals surface area contributed by atoms with Gasteiger partial charge in [-0.3, -0.25) is 4.90 Å². The quantitative estimate of drug-likeness (QED) is 0.352. The zero-order valence-electron chi connectivity index (χ0n) is 18.5. The minimum atomic E-state index is -0.277. The molecule has 33 heavy (non-hydrogen) atoms. The molecule has 1 fully saturated rings. The van der Waals surface area contributed by atoms with Gasteiger partial charge in [0.2, 0.25) is 0 Å². The number of halogens is 1. The van der Waals surface area contributed by atoms with Gasteiger partial charge in [-0.15, -0.1) is 0 Å². The average Bonchev–Trinajstić information content (AvgIpc) is 2.85. The Morgan fingerprint density at radius 2 is 1.42 bits per heavy atom. The van der Waals surface area contributed by atoms with E-state index in [0.717, 1.165) is 56.3 Å². The van der Waals surface area contributed by atoms with E-state index < -0.39 is 0 Å². The maximum atomic E-state index is 13.0. The fourth-order valence-electron chi connectivity index (χ4n) is 3.81. The van der Waals surface area contributed by atoms with E-state index in [1.165, 1.54) is 17.8 Å². The highest BCUT2D eigenvalue weighted by atomic mass is 32.1. The number of nitrogens with zero attached hydrogens (tertiary/aromatic N) is 2. The summed E-state index contributed by atoms with van der Waals surface area (Å²) in [6.07, 6.45) is 0.997. The molecule has 0 bridgehead atoms. The van der Waals surface area contributed by atoms with Gasteiger partial charge in [-0.05, 0) is 79.3 Å². The molecule has 0 atom stereocenters. The van der Waals surface area contributed by atoms with E-state index in [1.807, 2.05) is 24.3 Å². The molecule has 2 N–H and O–H groups in total. The second kappa shape index (κ2) is 11.6. The smallest absolute Gasteiger partial charge is 0.175 e. The van der Waals surface area contributed by atoms with Crippen molar-refractivity contribution in [3.05, 3.63) is 84.7 Å². The summed E-state index contributed by atoms with van der Waals surface area (Å²) in [4.78, 5) is 4.95. The van der Waals surface area contributed by atoms with Crippen LogP contribution in [0.5, 0.6) is 5.75 Å². The van der Waals surface area contributed by atoms with Gasteiger partial charge in [0.15, 0.2) is 5.11 Å². The van der Waals surface area contributed by atoms with E-state index in [4.69, 9.17) is 17.0 Å². The van der Waals surface area contributed by atoms with Crippen molar-refractivity contribution in [3.8, 4) is 5.75 Å². The summed E-state index contributed by atoms with van der Waals surface area (Å²) < 4.78 is 18.9. The van der Waals surface area contributed by atoms with Gasteiger partial charge in [0, 0.05) is 49.8 Å². The van der Waals surface area contributed by atoms with Crippen LogP contribution in [0.2, 0.25) is 0 Å². The Bertz CT molecular complexity index is 1010. The maximum absolute atomic E-state index is 13.0. The van der Waals surface area contributed by atoms with Gasteiger partial charge in [-0.2, -0.15) is 0 Å². The number of piperazine rings is 1. The average molecular weight is 465 g/mol. The fraction of sp³-hybridized carbons (Fsp3) is 0.269. The Labute approximate surface area is 200 Å². The molecule has 7 heteroatoms. The Morgan fingerprint density at radius 1 is 0.818 bits per heavy atom. The van der Waals surface area contributed by atoms with E-state index in [2.05, 4.69) is 50.8 Å².